The number of aliphatic hydroxyl groups is 2. The van der Waals surface area contributed by atoms with Crippen molar-refractivity contribution in [1.29, 1.82) is 0 Å². The number of nitrogens with zero attached hydrogens (tertiary/aromatic N) is 2. The highest BCUT2D eigenvalue weighted by Crippen LogP contribution is 2.33. The molecule has 288 valence electrons. The first-order chi connectivity index (χ1) is 25.7. The van der Waals surface area contributed by atoms with Crippen LogP contribution in [-0.2, 0) is 6.42 Å². The van der Waals surface area contributed by atoms with Gasteiger partial charge in [-0.3, -0.25) is 0 Å². The van der Waals surface area contributed by atoms with Gasteiger partial charge in [0, 0.05) is 30.5 Å². The van der Waals surface area contributed by atoms with Gasteiger partial charge in [-0.05, 0) is 119 Å². The van der Waals surface area contributed by atoms with E-state index >= 15 is 0 Å². The number of hydrogen-bond acceptors (Lipinski definition) is 6. The summed E-state index contributed by atoms with van der Waals surface area (Å²) >= 11 is 0. The average Bonchev–Trinajstić information content (AvgIpc) is 3.17. The number of ether oxygens (including phenoxy) is 2. The Kier molecular flexibility index (Phi) is 17.3. The van der Waals surface area contributed by atoms with E-state index in [9.17, 15) is 10.2 Å². The minimum Gasteiger partial charge on any atom is -0.497 e. The lowest BCUT2D eigenvalue weighted by Gasteiger charge is -2.37. The van der Waals surface area contributed by atoms with Gasteiger partial charge in [-0.15, -0.1) is 0 Å². The summed E-state index contributed by atoms with van der Waals surface area (Å²) in [4.78, 5) is 4.21. The molecule has 2 N–H and O–H groups in total. The lowest BCUT2D eigenvalue weighted by Crippen LogP contribution is -2.43. The first kappa shape index (κ1) is 43.8. The summed E-state index contributed by atoms with van der Waals surface area (Å²) in [5, 5.41) is 23.2. The van der Waals surface area contributed by atoms with Crippen LogP contribution in [0.1, 0.15) is 56.4 Å². The molecule has 0 aliphatic carbocycles. The molecule has 0 fully saturated rings. The summed E-state index contributed by atoms with van der Waals surface area (Å²) in [5.74, 6) is 8.00. The van der Waals surface area contributed by atoms with Crippen LogP contribution in [0.5, 0.6) is 11.5 Å². The Hall–Kier alpha value is -4.64. The Morgan fingerprint density at radius 1 is 0.648 bits per heavy atom. The summed E-state index contributed by atoms with van der Waals surface area (Å²) in [6, 6.07) is 35.9. The summed E-state index contributed by atoms with van der Waals surface area (Å²) in [7, 11) is 11.4. The molecule has 0 aromatic heterocycles. The maximum Gasteiger partial charge on any atom is 0.151 e. The third kappa shape index (κ3) is 13.3. The minimum atomic E-state index is -1.22. The van der Waals surface area contributed by atoms with Crippen LogP contribution in [0.4, 0.5) is 0 Å². The molecular weight excluding hydrogens is 669 g/mol. The van der Waals surface area contributed by atoms with E-state index in [0.717, 1.165) is 58.8 Å². The zero-order valence-electron chi connectivity index (χ0n) is 34.1. The first-order valence-electron chi connectivity index (χ1n) is 18.7. The van der Waals surface area contributed by atoms with Crippen LogP contribution in [0.15, 0.2) is 120 Å². The number of aryl methyl sites for hydroxylation is 1. The van der Waals surface area contributed by atoms with Gasteiger partial charge >= 0.3 is 0 Å². The van der Waals surface area contributed by atoms with E-state index in [1.54, 1.807) is 14.2 Å². The molecule has 4 rings (SSSR count). The maximum absolute atomic E-state index is 11.7. The van der Waals surface area contributed by atoms with Crippen molar-refractivity contribution in [1.82, 2.24) is 9.80 Å². The molecule has 0 heterocycles. The molecule has 0 amide bonds. The molecule has 0 aliphatic rings. The van der Waals surface area contributed by atoms with E-state index in [2.05, 4.69) is 73.0 Å². The molecule has 4 aromatic carbocycles. The van der Waals surface area contributed by atoms with Gasteiger partial charge in [0.2, 0.25) is 0 Å². The van der Waals surface area contributed by atoms with Gasteiger partial charge in [0.25, 0.3) is 0 Å². The van der Waals surface area contributed by atoms with Gasteiger partial charge in [-0.2, -0.15) is 0 Å². The topological polar surface area (TPSA) is 65.4 Å². The van der Waals surface area contributed by atoms with Crippen molar-refractivity contribution >= 4 is 12.2 Å². The predicted octanol–water partition coefficient (Wildman–Crippen LogP) is 8.74. The molecule has 0 aliphatic heterocycles. The second-order valence-electron chi connectivity index (χ2n) is 14.8. The molecule has 54 heavy (non-hydrogen) atoms. The fourth-order valence-corrected chi connectivity index (χ4v) is 6.63. The smallest absolute Gasteiger partial charge is 0.151 e. The van der Waals surface area contributed by atoms with Crippen molar-refractivity contribution in [3.63, 3.8) is 0 Å². The van der Waals surface area contributed by atoms with Crippen molar-refractivity contribution in [3.05, 3.63) is 143 Å². The Morgan fingerprint density at radius 3 is 1.56 bits per heavy atom. The van der Waals surface area contributed by atoms with Crippen LogP contribution in [0.25, 0.3) is 12.2 Å². The standard InChI is InChI=1S/C24H33NO2.C24H29NO2/c2*1-19(17-22-11-13-23(27-5)14-12-22)24(26,20(2)18-25(3)4)16-15-21-9-7-6-8-10-21/h6-14,17,20,26H,15-16,18H2,1-5H3;6-14,17,20,26H,18H2,1-5H3. The van der Waals surface area contributed by atoms with E-state index in [4.69, 9.17) is 9.47 Å². The van der Waals surface area contributed by atoms with Crippen LogP contribution in [0.2, 0.25) is 0 Å². The number of methoxy groups -OCH3 is 2. The van der Waals surface area contributed by atoms with E-state index in [-0.39, 0.29) is 11.8 Å². The highest BCUT2D eigenvalue weighted by molar-refractivity contribution is 5.58. The van der Waals surface area contributed by atoms with Crippen molar-refractivity contribution in [2.45, 2.75) is 51.7 Å². The van der Waals surface area contributed by atoms with Gasteiger partial charge in [-0.25, -0.2) is 0 Å². The lowest BCUT2D eigenvalue weighted by atomic mass is 9.77. The zero-order valence-corrected chi connectivity index (χ0v) is 34.1. The average molecular weight is 731 g/mol. The third-order valence-electron chi connectivity index (χ3n) is 9.90. The lowest BCUT2D eigenvalue weighted by molar-refractivity contribution is 0.00732. The van der Waals surface area contributed by atoms with Crippen molar-refractivity contribution in [2.75, 3.05) is 55.5 Å². The number of hydrogen-bond donors (Lipinski definition) is 2. The van der Waals surface area contributed by atoms with Gasteiger partial charge in [0.15, 0.2) is 5.60 Å². The van der Waals surface area contributed by atoms with Crippen LogP contribution in [-0.4, -0.2) is 86.7 Å². The number of rotatable bonds is 15. The molecule has 4 aromatic rings. The molecule has 0 saturated carbocycles. The Morgan fingerprint density at radius 2 is 1.09 bits per heavy atom. The molecule has 0 radical (unpaired) electrons. The maximum atomic E-state index is 11.7. The van der Waals surface area contributed by atoms with Crippen molar-refractivity contribution in [3.8, 4) is 23.3 Å². The second-order valence-corrected chi connectivity index (χ2v) is 14.8. The molecule has 0 spiro atoms. The molecule has 0 bridgehead atoms. The van der Waals surface area contributed by atoms with E-state index in [1.165, 1.54) is 5.56 Å². The highest BCUT2D eigenvalue weighted by atomic mass is 16.5. The largest absolute Gasteiger partial charge is 0.497 e. The summed E-state index contributed by atoms with van der Waals surface area (Å²) < 4.78 is 10.4. The van der Waals surface area contributed by atoms with Crippen molar-refractivity contribution < 1.29 is 19.7 Å². The molecule has 4 atom stereocenters. The fourth-order valence-electron chi connectivity index (χ4n) is 6.63. The SMILES string of the molecule is COc1ccc(C=C(C)C(O)(C#Cc2ccccc2)C(C)CN(C)C)cc1.COc1ccc(C=C(C)C(O)(CCc2ccccc2)C(C)CN(C)C)cc1. The van der Waals surface area contributed by atoms with Gasteiger partial charge in [0.05, 0.1) is 19.8 Å². The second kappa shape index (κ2) is 21.3. The van der Waals surface area contributed by atoms with Crippen molar-refractivity contribution in [2.24, 2.45) is 11.8 Å². The first-order valence-corrected chi connectivity index (χ1v) is 18.7. The van der Waals surface area contributed by atoms with Gasteiger partial charge in [-0.1, -0.05) is 111 Å². The number of benzene rings is 4. The van der Waals surface area contributed by atoms with Crippen LogP contribution >= 0.6 is 0 Å². The molecule has 6 nitrogen and oxygen atoms in total. The Bertz CT molecular complexity index is 1810. The quantitative estimate of drug-likeness (QED) is 0.119. The summed E-state index contributed by atoms with van der Waals surface area (Å²) in [5.41, 5.74) is 3.97. The predicted molar refractivity (Wildman–Crippen MR) is 227 cm³/mol. The Labute approximate surface area is 325 Å². The highest BCUT2D eigenvalue weighted by Gasteiger charge is 2.36. The van der Waals surface area contributed by atoms with Crippen LogP contribution in [0, 0.1) is 23.7 Å². The molecular formula is C48H62N2O4. The monoisotopic (exact) mass is 730 g/mol. The molecule has 0 saturated heterocycles. The molecule has 6 heteroatoms. The van der Waals surface area contributed by atoms with E-state index < -0.39 is 11.2 Å². The summed E-state index contributed by atoms with van der Waals surface area (Å²) in [6.45, 7) is 9.71. The normalized spacial score (nSPS) is 15.1. The van der Waals surface area contributed by atoms with E-state index in [0.29, 0.717) is 6.42 Å². The zero-order chi connectivity index (χ0) is 39.7. The minimum absolute atomic E-state index is 0.0572. The molecule has 4 unspecified atom stereocenters. The Balaban J connectivity index is 0.000000290. The van der Waals surface area contributed by atoms with Gasteiger partial charge in [0.1, 0.15) is 11.5 Å². The van der Waals surface area contributed by atoms with Crippen LogP contribution in [0.3, 0.4) is 0 Å². The van der Waals surface area contributed by atoms with Crippen LogP contribution < -0.4 is 9.47 Å². The van der Waals surface area contributed by atoms with Gasteiger partial charge < -0.3 is 29.5 Å². The summed E-state index contributed by atoms with van der Waals surface area (Å²) in [6.07, 6.45) is 5.63. The third-order valence-corrected chi connectivity index (χ3v) is 9.90. The fraction of sp³-hybridized carbons (Fsp3) is 0.375. The van der Waals surface area contributed by atoms with E-state index in [1.807, 2.05) is 126 Å².